The molecule has 19 heavy (non-hydrogen) atoms. The second kappa shape index (κ2) is 5.34. The van der Waals surface area contributed by atoms with E-state index in [1.54, 1.807) is 6.07 Å². The van der Waals surface area contributed by atoms with Gasteiger partial charge >= 0.3 is 0 Å². The quantitative estimate of drug-likeness (QED) is 0.886. The van der Waals surface area contributed by atoms with Crippen LogP contribution in [-0.4, -0.2) is 18.0 Å². The van der Waals surface area contributed by atoms with Crippen molar-refractivity contribution in [3.05, 3.63) is 48.0 Å². The molecule has 1 aromatic heterocycles. The van der Waals surface area contributed by atoms with E-state index in [0.29, 0.717) is 11.4 Å². The number of halogens is 1. The molecule has 0 fully saturated rings. The number of amides is 1. The monoisotopic (exact) mass is 261 g/mol. The number of nitrogens with zero attached hydrogens (tertiary/aromatic N) is 1. The molecule has 1 aromatic carbocycles. The van der Waals surface area contributed by atoms with E-state index in [4.69, 9.17) is 10.5 Å². The molecule has 2 aromatic rings. The fourth-order valence-electron chi connectivity index (χ4n) is 1.50. The van der Waals surface area contributed by atoms with E-state index in [-0.39, 0.29) is 11.4 Å². The van der Waals surface area contributed by atoms with Crippen molar-refractivity contribution in [1.82, 2.24) is 4.98 Å². The number of rotatable bonds is 3. The number of anilines is 2. The summed E-state index contributed by atoms with van der Waals surface area (Å²) in [5, 5.41) is 2.58. The number of ether oxygens (including phenoxy) is 1. The number of pyridine rings is 1. The molecule has 3 N–H and O–H groups in total. The first-order valence-electron chi connectivity index (χ1n) is 5.46. The van der Waals surface area contributed by atoms with Crippen molar-refractivity contribution in [2.45, 2.75) is 0 Å². The zero-order chi connectivity index (χ0) is 13.8. The van der Waals surface area contributed by atoms with Gasteiger partial charge in [-0.05, 0) is 24.3 Å². The first-order chi connectivity index (χ1) is 9.10. The third-order valence-corrected chi connectivity index (χ3v) is 2.43. The maximum Gasteiger partial charge on any atom is 0.274 e. The number of nitrogen functional groups attached to an aromatic ring is 1. The highest BCUT2D eigenvalue weighted by molar-refractivity contribution is 6.03. The molecule has 0 spiro atoms. The van der Waals surface area contributed by atoms with Gasteiger partial charge in [0.1, 0.15) is 5.69 Å². The Morgan fingerprint density at radius 3 is 2.84 bits per heavy atom. The summed E-state index contributed by atoms with van der Waals surface area (Å²) in [6.07, 6.45) is 1.44. The van der Waals surface area contributed by atoms with Gasteiger partial charge < -0.3 is 15.8 Å². The minimum atomic E-state index is -0.498. The molecular formula is C13H12FN3O2. The van der Waals surface area contributed by atoms with Gasteiger partial charge in [0.15, 0.2) is 11.6 Å². The molecule has 0 saturated carbocycles. The fraction of sp³-hybridized carbons (Fsp3) is 0.0769. The van der Waals surface area contributed by atoms with Gasteiger partial charge in [-0.15, -0.1) is 0 Å². The molecule has 0 unspecified atom stereocenters. The first-order valence-corrected chi connectivity index (χ1v) is 5.46. The van der Waals surface area contributed by atoms with Gasteiger partial charge in [0.25, 0.3) is 5.91 Å². The van der Waals surface area contributed by atoms with Crippen LogP contribution in [0.4, 0.5) is 15.8 Å². The molecule has 1 amide bonds. The van der Waals surface area contributed by atoms with Crippen LogP contribution in [0.1, 0.15) is 10.5 Å². The van der Waals surface area contributed by atoms with Gasteiger partial charge in [0.2, 0.25) is 0 Å². The van der Waals surface area contributed by atoms with Crippen molar-refractivity contribution in [2.24, 2.45) is 0 Å². The summed E-state index contributed by atoms with van der Waals surface area (Å²) in [6.45, 7) is 0. The van der Waals surface area contributed by atoms with Crippen molar-refractivity contribution >= 4 is 17.3 Å². The van der Waals surface area contributed by atoms with Crippen LogP contribution in [0.5, 0.6) is 5.75 Å². The van der Waals surface area contributed by atoms with Gasteiger partial charge in [-0.3, -0.25) is 9.78 Å². The highest BCUT2D eigenvalue weighted by atomic mass is 19.1. The highest BCUT2D eigenvalue weighted by Crippen LogP contribution is 2.21. The number of benzene rings is 1. The third kappa shape index (κ3) is 2.98. The number of carbonyl (C=O) groups excluding carboxylic acids is 1. The summed E-state index contributed by atoms with van der Waals surface area (Å²) in [5.74, 6) is -0.873. The fourth-order valence-corrected chi connectivity index (χ4v) is 1.50. The summed E-state index contributed by atoms with van der Waals surface area (Å²) in [6, 6.07) is 7.07. The Morgan fingerprint density at radius 2 is 2.16 bits per heavy atom. The Balaban J connectivity index is 2.19. The predicted octanol–water partition coefficient (Wildman–Crippen LogP) is 2.06. The molecule has 98 valence electrons. The number of hydrogen-bond acceptors (Lipinski definition) is 4. The van der Waals surface area contributed by atoms with E-state index in [2.05, 4.69) is 10.3 Å². The Labute approximate surface area is 109 Å². The minimum absolute atomic E-state index is 0.0540. The topological polar surface area (TPSA) is 77.2 Å². The normalized spacial score (nSPS) is 10.0. The van der Waals surface area contributed by atoms with Gasteiger partial charge in [-0.1, -0.05) is 0 Å². The van der Waals surface area contributed by atoms with E-state index in [1.807, 2.05) is 0 Å². The van der Waals surface area contributed by atoms with E-state index in [0.717, 1.165) is 0 Å². The van der Waals surface area contributed by atoms with Crippen LogP contribution in [0.3, 0.4) is 0 Å². The van der Waals surface area contributed by atoms with Gasteiger partial charge in [0, 0.05) is 23.6 Å². The summed E-state index contributed by atoms with van der Waals surface area (Å²) >= 11 is 0. The van der Waals surface area contributed by atoms with Crippen LogP contribution in [0.2, 0.25) is 0 Å². The molecule has 0 aliphatic carbocycles. The zero-order valence-electron chi connectivity index (χ0n) is 10.2. The van der Waals surface area contributed by atoms with Crippen molar-refractivity contribution in [3.8, 4) is 5.75 Å². The minimum Gasteiger partial charge on any atom is -0.494 e. The Hall–Kier alpha value is -2.63. The van der Waals surface area contributed by atoms with Gasteiger partial charge in [-0.25, -0.2) is 4.39 Å². The summed E-state index contributed by atoms with van der Waals surface area (Å²) in [7, 11) is 1.35. The molecule has 0 atom stereocenters. The maximum absolute atomic E-state index is 13.2. The zero-order valence-corrected chi connectivity index (χ0v) is 10.2. The third-order valence-electron chi connectivity index (χ3n) is 2.43. The Kier molecular flexibility index (Phi) is 3.61. The van der Waals surface area contributed by atoms with Gasteiger partial charge in [-0.2, -0.15) is 0 Å². The second-order valence-electron chi connectivity index (χ2n) is 3.78. The van der Waals surface area contributed by atoms with E-state index >= 15 is 0 Å². The van der Waals surface area contributed by atoms with Crippen molar-refractivity contribution < 1.29 is 13.9 Å². The van der Waals surface area contributed by atoms with E-state index in [9.17, 15) is 9.18 Å². The van der Waals surface area contributed by atoms with Gasteiger partial charge in [0.05, 0.1) is 7.11 Å². The number of methoxy groups -OCH3 is 1. The summed E-state index contributed by atoms with van der Waals surface area (Å²) in [4.78, 5) is 15.8. The molecule has 6 heteroatoms. The van der Waals surface area contributed by atoms with Crippen molar-refractivity contribution in [3.63, 3.8) is 0 Å². The molecule has 0 saturated heterocycles. The Bertz CT molecular complexity index is 617. The summed E-state index contributed by atoms with van der Waals surface area (Å²) < 4.78 is 18.0. The Morgan fingerprint density at radius 1 is 1.37 bits per heavy atom. The molecule has 0 aliphatic heterocycles. The lowest BCUT2D eigenvalue weighted by atomic mass is 10.2. The largest absolute Gasteiger partial charge is 0.494 e. The molecule has 1 heterocycles. The molecule has 2 rings (SSSR count). The first kappa shape index (κ1) is 12.8. The van der Waals surface area contributed by atoms with E-state index < -0.39 is 11.7 Å². The standard InChI is InChI=1S/C13H12FN3O2/c1-19-12-7-9(2-3-10(12)14)17-13(18)11-6-8(15)4-5-16-11/h2-7H,1H3,(H2,15,16)(H,17,18). The molecule has 0 bridgehead atoms. The predicted molar refractivity (Wildman–Crippen MR) is 69.6 cm³/mol. The SMILES string of the molecule is COc1cc(NC(=O)c2cc(N)ccn2)ccc1F. The van der Waals surface area contributed by atoms with Crippen LogP contribution >= 0.6 is 0 Å². The number of nitrogens with two attached hydrogens (primary N) is 1. The smallest absolute Gasteiger partial charge is 0.274 e. The van der Waals surface area contributed by atoms with Crippen LogP contribution in [0, 0.1) is 5.82 Å². The second-order valence-corrected chi connectivity index (χ2v) is 3.78. The van der Waals surface area contributed by atoms with E-state index in [1.165, 1.54) is 37.6 Å². The lowest BCUT2D eigenvalue weighted by molar-refractivity contribution is 0.102. The molecule has 0 radical (unpaired) electrons. The van der Waals surface area contributed by atoms with Crippen LogP contribution in [0.25, 0.3) is 0 Å². The number of aromatic nitrogens is 1. The van der Waals surface area contributed by atoms with Crippen molar-refractivity contribution in [2.75, 3.05) is 18.2 Å². The maximum atomic E-state index is 13.2. The highest BCUT2D eigenvalue weighted by Gasteiger charge is 2.10. The molecule has 5 nitrogen and oxygen atoms in total. The molecular weight excluding hydrogens is 249 g/mol. The number of hydrogen-bond donors (Lipinski definition) is 2. The summed E-state index contributed by atoms with van der Waals surface area (Å²) in [5.41, 5.74) is 6.60. The van der Waals surface area contributed by atoms with Crippen molar-refractivity contribution in [1.29, 1.82) is 0 Å². The van der Waals surface area contributed by atoms with Crippen LogP contribution < -0.4 is 15.8 Å². The molecule has 0 aliphatic rings. The number of nitrogens with one attached hydrogen (secondary N) is 1. The van der Waals surface area contributed by atoms with Crippen LogP contribution in [0.15, 0.2) is 36.5 Å². The van der Waals surface area contributed by atoms with Crippen LogP contribution in [-0.2, 0) is 0 Å². The average molecular weight is 261 g/mol. The number of carbonyl (C=O) groups is 1. The lowest BCUT2D eigenvalue weighted by Crippen LogP contribution is -2.14. The average Bonchev–Trinajstić information content (AvgIpc) is 2.41. The lowest BCUT2D eigenvalue weighted by Gasteiger charge is -2.07.